The predicted octanol–water partition coefficient (Wildman–Crippen LogP) is 7.78. The fourth-order valence-corrected chi connectivity index (χ4v) is 7.33. The van der Waals surface area contributed by atoms with Crippen molar-refractivity contribution in [3.8, 4) is 34.5 Å². The zero-order chi connectivity index (χ0) is 42.0. The molecule has 0 saturated heterocycles. The van der Waals surface area contributed by atoms with Gasteiger partial charge in [0.25, 0.3) is 5.91 Å². The van der Waals surface area contributed by atoms with Crippen LogP contribution in [0.5, 0.6) is 34.5 Å². The van der Waals surface area contributed by atoms with E-state index in [9.17, 15) is 9.59 Å². The van der Waals surface area contributed by atoms with Gasteiger partial charge in [-0.1, -0.05) is 24.3 Å². The summed E-state index contributed by atoms with van der Waals surface area (Å²) in [6.07, 6.45) is 11.3. The quantitative estimate of drug-likeness (QED) is 0.0569. The summed E-state index contributed by atoms with van der Waals surface area (Å²) in [5, 5.41) is 3.13. The van der Waals surface area contributed by atoms with E-state index in [0.717, 1.165) is 53.9 Å². The van der Waals surface area contributed by atoms with Gasteiger partial charge in [0.2, 0.25) is 0 Å². The van der Waals surface area contributed by atoms with Crippen LogP contribution in [-0.4, -0.2) is 108 Å². The van der Waals surface area contributed by atoms with Gasteiger partial charge < -0.3 is 43.5 Å². The van der Waals surface area contributed by atoms with Crippen LogP contribution < -0.4 is 33.7 Å². The van der Waals surface area contributed by atoms with E-state index in [1.807, 2.05) is 69.1 Å². The highest BCUT2D eigenvalue weighted by Gasteiger charge is 2.33. The van der Waals surface area contributed by atoms with Gasteiger partial charge in [0.15, 0.2) is 29.3 Å². The smallest absolute Gasteiger partial charge is 0.260 e. The van der Waals surface area contributed by atoms with E-state index in [0.29, 0.717) is 78.2 Å². The maximum Gasteiger partial charge on any atom is 0.260 e. The summed E-state index contributed by atoms with van der Waals surface area (Å²) >= 11 is 0. The van der Waals surface area contributed by atoms with E-state index >= 15 is 0 Å². The molecule has 7 rings (SSSR count). The predicted molar refractivity (Wildman–Crippen MR) is 233 cm³/mol. The average Bonchev–Trinajstić information content (AvgIpc) is 3.86. The van der Waals surface area contributed by atoms with Gasteiger partial charge in [-0.2, -0.15) is 0 Å². The molecular weight excluding hydrogens is 763 g/mol. The number of nitrogens with zero attached hydrogens (tertiary/aromatic N) is 4. The number of fused-ring (bicyclic) bond motifs is 2. The van der Waals surface area contributed by atoms with Crippen molar-refractivity contribution in [1.82, 2.24) is 15.1 Å². The Morgan fingerprint density at radius 3 is 2.08 bits per heavy atom. The molecule has 4 aromatic rings. The number of carbonyl (C=O) groups excluding carboxylic acids is 2. The minimum atomic E-state index is -0.208. The van der Waals surface area contributed by atoms with E-state index in [1.165, 1.54) is 12.7 Å². The number of rotatable bonds is 19. The van der Waals surface area contributed by atoms with Crippen molar-refractivity contribution in [3.05, 3.63) is 107 Å². The van der Waals surface area contributed by atoms with Crippen LogP contribution in [0.3, 0.4) is 0 Å². The van der Waals surface area contributed by atoms with E-state index in [1.54, 1.807) is 43.4 Å². The van der Waals surface area contributed by atoms with Crippen molar-refractivity contribution in [3.63, 3.8) is 0 Å². The SMILES string of the molecule is CNCCCOc1ccc(C2=CN(C)C(C=Nc3cc(OCCCOc4cc5c(cc4OC)C(=O)N4C=C(c6ccc(OC)cc6)CC4C=N5)c(OC)cc3C=O)C2)cc1. The van der Waals surface area contributed by atoms with Crippen molar-refractivity contribution < 1.29 is 38.0 Å². The number of hydrogen-bond donors (Lipinski definition) is 1. The number of aldehydes is 1. The summed E-state index contributed by atoms with van der Waals surface area (Å²) in [6, 6.07) is 22.6. The second-order valence-electron chi connectivity index (χ2n) is 14.6. The molecule has 4 aromatic carbocycles. The Kier molecular flexibility index (Phi) is 13.5. The third-order valence-corrected chi connectivity index (χ3v) is 10.7. The van der Waals surface area contributed by atoms with E-state index in [-0.39, 0.29) is 18.0 Å². The average molecular weight is 814 g/mol. The summed E-state index contributed by atoms with van der Waals surface area (Å²) in [4.78, 5) is 39.2. The number of aliphatic imine (C=N–C) groups is 2. The Balaban J connectivity index is 0.949. The second-order valence-corrected chi connectivity index (χ2v) is 14.6. The van der Waals surface area contributed by atoms with Crippen LogP contribution >= 0.6 is 0 Å². The first-order valence-corrected chi connectivity index (χ1v) is 20.0. The molecule has 2 unspecified atom stereocenters. The largest absolute Gasteiger partial charge is 0.497 e. The molecule has 0 radical (unpaired) electrons. The molecular formula is C47H51N5O8. The van der Waals surface area contributed by atoms with Crippen LogP contribution in [0.4, 0.5) is 11.4 Å². The molecule has 0 aromatic heterocycles. The lowest BCUT2D eigenvalue weighted by Gasteiger charge is -2.19. The van der Waals surface area contributed by atoms with Crippen LogP contribution in [0, 0.1) is 0 Å². The van der Waals surface area contributed by atoms with Crippen LogP contribution in [0.15, 0.2) is 95.2 Å². The minimum Gasteiger partial charge on any atom is -0.497 e. The Hall–Kier alpha value is -6.60. The van der Waals surface area contributed by atoms with Gasteiger partial charge in [-0.25, -0.2) is 0 Å². The number of nitrogens with one attached hydrogen (secondary N) is 1. The normalized spacial score (nSPS) is 16.9. The summed E-state index contributed by atoms with van der Waals surface area (Å²) in [5.74, 6) is 3.25. The fraction of sp³-hybridized carbons (Fsp3) is 0.319. The lowest BCUT2D eigenvalue weighted by Crippen LogP contribution is -2.32. The zero-order valence-electron chi connectivity index (χ0n) is 34.7. The van der Waals surface area contributed by atoms with Crippen LogP contribution in [0.2, 0.25) is 0 Å². The molecule has 3 aliphatic heterocycles. The standard InChI is InChI=1S/C47H51N5O8/c1-48-16-6-17-58-39-14-10-31(11-15-39)33-20-36(51(2)28-33)26-49-41-24-45(43(56-4)22-35(41)30-53)59-18-7-19-60-46-25-42-40(23-44(46)57-5)47(54)52-29-34(21-37(52)27-50-42)32-8-12-38(55-3)13-9-32/h8-15,22-30,36-37,48H,6-7,16-21H2,1-5H3. The molecule has 1 N–H and O–H groups in total. The highest BCUT2D eigenvalue weighted by atomic mass is 16.5. The van der Waals surface area contributed by atoms with Gasteiger partial charge in [-0.3, -0.25) is 19.6 Å². The summed E-state index contributed by atoms with van der Waals surface area (Å²) in [7, 11) is 8.66. The molecule has 0 saturated carbocycles. The van der Waals surface area contributed by atoms with Crippen molar-refractivity contribution in [2.75, 3.05) is 61.8 Å². The first-order valence-electron chi connectivity index (χ1n) is 20.0. The maximum absolute atomic E-state index is 13.8. The molecule has 0 spiro atoms. The first kappa shape index (κ1) is 41.6. The van der Waals surface area contributed by atoms with Crippen LogP contribution in [0.1, 0.15) is 57.5 Å². The van der Waals surface area contributed by atoms with Crippen LogP contribution in [-0.2, 0) is 0 Å². The number of hydrogen-bond acceptors (Lipinski definition) is 12. The number of methoxy groups -OCH3 is 3. The van der Waals surface area contributed by atoms with Gasteiger partial charge in [0.1, 0.15) is 11.5 Å². The van der Waals surface area contributed by atoms with Crippen molar-refractivity contribution in [1.29, 1.82) is 0 Å². The van der Waals surface area contributed by atoms with Crippen molar-refractivity contribution in [2.45, 2.75) is 37.8 Å². The number of benzene rings is 4. The molecule has 0 bridgehead atoms. The molecule has 0 aliphatic carbocycles. The van der Waals surface area contributed by atoms with Gasteiger partial charge in [0, 0.05) is 62.4 Å². The lowest BCUT2D eigenvalue weighted by molar-refractivity contribution is 0.0817. The van der Waals surface area contributed by atoms with Gasteiger partial charge >= 0.3 is 0 Å². The fourth-order valence-electron chi connectivity index (χ4n) is 7.33. The highest BCUT2D eigenvalue weighted by molar-refractivity contribution is 6.05. The maximum atomic E-state index is 13.8. The molecule has 3 aliphatic rings. The number of carbonyl (C=O) groups is 2. The van der Waals surface area contributed by atoms with Gasteiger partial charge in [-0.05, 0) is 85.1 Å². The topological polar surface area (TPSA) is 133 Å². The third kappa shape index (κ3) is 9.47. The molecule has 0 fully saturated rings. The molecule has 2 atom stereocenters. The van der Waals surface area contributed by atoms with Gasteiger partial charge in [-0.15, -0.1) is 0 Å². The summed E-state index contributed by atoms with van der Waals surface area (Å²) in [6.45, 7) is 2.17. The molecule has 13 nitrogen and oxygen atoms in total. The zero-order valence-corrected chi connectivity index (χ0v) is 34.7. The van der Waals surface area contributed by atoms with E-state index < -0.39 is 0 Å². The number of amides is 1. The molecule has 60 heavy (non-hydrogen) atoms. The Morgan fingerprint density at radius 2 is 1.42 bits per heavy atom. The van der Waals surface area contributed by atoms with E-state index in [2.05, 4.69) is 28.5 Å². The number of ether oxygens (including phenoxy) is 6. The van der Waals surface area contributed by atoms with Crippen molar-refractivity contribution in [2.24, 2.45) is 9.98 Å². The summed E-state index contributed by atoms with van der Waals surface area (Å²) in [5.41, 5.74) is 6.21. The van der Waals surface area contributed by atoms with Crippen LogP contribution in [0.25, 0.3) is 11.1 Å². The Labute approximate surface area is 350 Å². The monoisotopic (exact) mass is 813 g/mol. The Morgan fingerprint density at radius 1 is 0.767 bits per heavy atom. The van der Waals surface area contributed by atoms with E-state index in [4.69, 9.17) is 38.4 Å². The highest BCUT2D eigenvalue weighted by Crippen LogP contribution is 2.40. The Bertz CT molecular complexity index is 2290. The molecule has 3 heterocycles. The molecule has 312 valence electrons. The van der Waals surface area contributed by atoms with Crippen molar-refractivity contribution >= 4 is 47.1 Å². The minimum absolute atomic E-state index is 0.00121. The molecule has 1 amide bonds. The second kappa shape index (κ2) is 19.4. The first-order chi connectivity index (χ1) is 29.3. The summed E-state index contributed by atoms with van der Waals surface area (Å²) < 4.78 is 34.7. The lowest BCUT2D eigenvalue weighted by atomic mass is 10.0. The van der Waals surface area contributed by atoms with Gasteiger partial charge in [0.05, 0.1) is 70.2 Å². The molecule has 13 heteroatoms. The third-order valence-electron chi connectivity index (χ3n) is 10.7.